The zero-order valence-electron chi connectivity index (χ0n) is 25.8. The minimum absolute atomic E-state index is 0.303. The van der Waals surface area contributed by atoms with E-state index in [2.05, 4.69) is 43.0 Å². The number of ether oxygens (including phenoxy) is 6. The third-order valence-corrected chi connectivity index (χ3v) is 7.68. The highest BCUT2D eigenvalue weighted by atomic mass is 16.7. The van der Waals surface area contributed by atoms with Gasteiger partial charge in [-0.1, -0.05) is 127 Å². The molecule has 0 aliphatic carbocycles. The van der Waals surface area contributed by atoms with Gasteiger partial charge < -0.3 is 28.4 Å². The first kappa shape index (κ1) is 32.8. The molecule has 1 aliphatic heterocycles. The maximum absolute atomic E-state index is 6.74. The first-order valence-electron chi connectivity index (χ1n) is 15.8. The van der Waals surface area contributed by atoms with Gasteiger partial charge in [0.2, 0.25) is 0 Å². The lowest BCUT2D eigenvalue weighted by molar-refractivity contribution is -0.328. The maximum atomic E-state index is 6.74. The van der Waals surface area contributed by atoms with Crippen molar-refractivity contribution in [1.29, 1.82) is 0 Å². The lowest BCUT2D eigenvalue weighted by Gasteiger charge is -2.46. The van der Waals surface area contributed by atoms with Crippen molar-refractivity contribution < 1.29 is 28.4 Å². The molecule has 5 rings (SSSR count). The molecule has 1 saturated heterocycles. The quantitative estimate of drug-likeness (QED) is 0.0854. The molecule has 5 atom stereocenters. The fourth-order valence-corrected chi connectivity index (χ4v) is 5.31. The predicted molar refractivity (Wildman–Crippen MR) is 175 cm³/mol. The summed E-state index contributed by atoms with van der Waals surface area (Å²) in [5.41, 5.74) is 4.27. The third-order valence-electron chi connectivity index (χ3n) is 7.68. The van der Waals surface area contributed by atoms with Gasteiger partial charge in [-0.15, -0.1) is 6.58 Å². The van der Waals surface area contributed by atoms with Crippen molar-refractivity contribution >= 4 is 0 Å². The average molecular weight is 609 g/mol. The van der Waals surface area contributed by atoms with Gasteiger partial charge in [0.1, 0.15) is 24.4 Å². The average Bonchev–Trinajstić information content (AvgIpc) is 3.10. The second-order valence-electron chi connectivity index (χ2n) is 11.1. The van der Waals surface area contributed by atoms with Crippen LogP contribution < -0.4 is 0 Å². The minimum atomic E-state index is -0.679. The van der Waals surface area contributed by atoms with Crippen molar-refractivity contribution in [1.82, 2.24) is 0 Å². The van der Waals surface area contributed by atoms with Crippen molar-refractivity contribution in [3.05, 3.63) is 156 Å². The zero-order valence-corrected chi connectivity index (χ0v) is 25.8. The molecule has 0 spiro atoms. The maximum Gasteiger partial charge on any atom is 0.186 e. The summed E-state index contributed by atoms with van der Waals surface area (Å²) in [6.07, 6.45) is 0.896. The molecule has 45 heavy (non-hydrogen) atoms. The number of hydrogen-bond donors (Lipinski definition) is 0. The molecular formula is C39H44O6. The van der Waals surface area contributed by atoms with E-state index >= 15 is 0 Å². The fourth-order valence-electron chi connectivity index (χ4n) is 5.31. The van der Waals surface area contributed by atoms with E-state index in [-0.39, 0.29) is 0 Å². The monoisotopic (exact) mass is 608 g/mol. The highest BCUT2D eigenvalue weighted by Crippen LogP contribution is 2.32. The van der Waals surface area contributed by atoms with Crippen LogP contribution in [0.1, 0.15) is 35.1 Å². The molecule has 0 radical (unpaired) electrons. The van der Waals surface area contributed by atoms with Crippen LogP contribution in [-0.2, 0) is 54.8 Å². The van der Waals surface area contributed by atoms with E-state index in [1.54, 1.807) is 0 Å². The summed E-state index contributed by atoms with van der Waals surface area (Å²) in [6, 6.07) is 40.5. The van der Waals surface area contributed by atoms with E-state index in [0.29, 0.717) is 39.6 Å². The SMILES string of the molecule is C=CCCCOC1O[C@H](COCc2ccccc2)[C@@H](OCc2ccccc2)[C@H](OCc2ccccc2)[C@H]1OCc1ccccc1. The fraction of sp³-hybridized carbons (Fsp3) is 0.333. The molecule has 0 amide bonds. The van der Waals surface area contributed by atoms with Gasteiger partial charge in [-0.05, 0) is 35.1 Å². The Balaban J connectivity index is 1.41. The highest BCUT2D eigenvalue weighted by molar-refractivity contribution is 5.16. The molecule has 6 nitrogen and oxygen atoms in total. The van der Waals surface area contributed by atoms with Crippen LogP contribution in [0, 0.1) is 0 Å². The van der Waals surface area contributed by atoms with Gasteiger partial charge in [0.05, 0.1) is 39.6 Å². The number of benzene rings is 4. The van der Waals surface area contributed by atoms with Crippen LogP contribution in [0.3, 0.4) is 0 Å². The molecule has 6 heteroatoms. The van der Waals surface area contributed by atoms with Gasteiger partial charge >= 0.3 is 0 Å². The summed E-state index contributed by atoms with van der Waals surface area (Å²) in [5.74, 6) is 0. The van der Waals surface area contributed by atoms with E-state index in [1.165, 1.54) is 0 Å². The van der Waals surface area contributed by atoms with E-state index in [4.69, 9.17) is 28.4 Å². The molecule has 0 bridgehead atoms. The first-order chi connectivity index (χ1) is 22.3. The Morgan fingerprint density at radius 3 is 1.47 bits per heavy atom. The molecule has 4 aromatic carbocycles. The second kappa shape index (κ2) is 18.4. The molecule has 1 aliphatic rings. The molecule has 0 saturated carbocycles. The van der Waals surface area contributed by atoms with Crippen LogP contribution in [0.5, 0.6) is 0 Å². The Morgan fingerprint density at radius 1 is 0.533 bits per heavy atom. The number of rotatable bonds is 18. The molecule has 0 aromatic heterocycles. The predicted octanol–water partition coefficient (Wildman–Crippen LogP) is 7.67. The minimum Gasteiger partial charge on any atom is -0.374 e. The first-order valence-corrected chi connectivity index (χ1v) is 15.8. The zero-order chi connectivity index (χ0) is 30.9. The summed E-state index contributed by atoms with van der Waals surface area (Å²) in [6.45, 7) is 6.28. The van der Waals surface area contributed by atoms with Crippen molar-refractivity contribution in [2.75, 3.05) is 13.2 Å². The van der Waals surface area contributed by atoms with Gasteiger partial charge in [0.25, 0.3) is 0 Å². The lowest BCUT2D eigenvalue weighted by Crippen LogP contribution is -2.61. The van der Waals surface area contributed by atoms with Gasteiger partial charge in [-0.2, -0.15) is 0 Å². The van der Waals surface area contributed by atoms with Crippen LogP contribution >= 0.6 is 0 Å². The number of unbranched alkanes of at least 4 members (excludes halogenated alkanes) is 1. The summed E-state index contributed by atoms with van der Waals surface area (Å²) < 4.78 is 39.4. The third kappa shape index (κ3) is 10.5. The molecule has 1 heterocycles. The smallest absolute Gasteiger partial charge is 0.186 e. The Kier molecular flexibility index (Phi) is 13.4. The summed E-state index contributed by atoms with van der Waals surface area (Å²) >= 11 is 0. The highest BCUT2D eigenvalue weighted by Gasteiger charge is 2.49. The summed E-state index contributed by atoms with van der Waals surface area (Å²) in [7, 11) is 0. The van der Waals surface area contributed by atoms with Crippen LogP contribution in [0.2, 0.25) is 0 Å². The Labute approximate surface area is 267 Å². The largest absolute Gasteiger partial charge is 0.374 e. The van der Waals surface area contributed by atoms with Gasteiger partial charge in [0, 0.05) is 0 Å². The molecule has 1 unspecified atom stereocenters. The van der Waals surface area contributed by atoms with Crippen molar-refractivity contribution in [3.8, 4) is 0 Å². The second-order valence-corrected chi connectivity index (χ2v) is 11.1. The topological polar surface area (TPSA) is 55.4 Å². The Bertz CT molecular complexity index is 1350. The molecular weight excluding hydrogens is 564 g/mol. The van der Waals surface area contributed by atoms with Gasteiger partial charge in [0.15, 0.2) is 6.29 Å². The van der Waals surface area contributed by atoms with E-state index < -0.39 is 30.7 Å². The van der Waals surface area contributed by atoms with Gasteiger partial charge in [-0.3, -0.25) is 0 Å². The molecule has 1 fully saturated rings. The van der Waals surface area contributed by atoms with Crippen LogP contribution in [-0.4, -0.2) is 43.9 Å². The Hall–Kier alpha value is -3.62. The number of hydrogen-bond acceptors (Lipinski definition) is 6. The Morgan fingerprint density at radius 2 is 0.978 bits per heavy atom. The molecule has 4 aromatic rings. The molecule has 0 N–H and O–H groups in total. The van der Waals surface area contributed by atoms with E-state index in [9.17, 15) is 0 Å². The number of allylic oxidation sites excluding steroid dienone is 1. The van der Waals surface area contributed by atoms with Crippen LogP contribution in [0.15, 0.2) is 134 Å². The standard InChI is InChI=1S/C39H44O6/c1-2-3-16-25-41-39-38(44-29-34-23-14-7-15-24-34)37(43-28-33-21-12-6-13-22-33)36(42-27-32-19-10-5-11-20-32)35(45-39)30-40-26-31-17-8-4-9-18-31/h2,4-15,17-24,35-39H,1,3,16,25-30H2/t35-,36-,37+,38-,39?/m1/s1. The van der Waals surface area contributed by atoms with Crippen LogP contribution in [0.4, 0.5) is 0 Å². The van der Waals surface area contributed by atoms with Crippen LogP contribution in [0.25, 0.3) is 0 Å². The van der Waals surface area contributed by atoms with E-state index in [0.717, 1.165) is 35.1 Å². The molecule has 236 valence electrons. The van der Waals surface area contributed by atoms with Crippen molar-refractivity contribution in [2.45, 2.75) is 70.0 Å². The lowest BCUT2D eigenvalue weighted by atomic mass is 9.97. The normalized spacial score (nSPS) is 21.4. The summed E-state index contributed by atoms with van der Waals surface area (Å²) in [4.78, 5) is 0. The summed E-state index contributed by atoms with van der Waals surface area (Å²) in [5, 5.41) is 0. The van der Waals surface area contributed by atoms with Crippen molar-refractivity contribution in [3.63, 3.8) is 0 Å². The van der Waals surface area contributed by atoms with Gasteiger partial charge in [-0.25, -0.2) is 0 Å². The van der Waals surface area contributed by atoms with Crippen molar-refractivity contribution in [2.24, 2.45) is 0 Å². The van der Waals surface area contributed by atoms with E-state index in [1.807, 2.05) is 91.0 Å².